The lowest BCUT2D eigenvalue weighted by molar-refractivity contribution is 0.0696. The van der Waals surface area contributed by atoms with Crippen LogP contribution >= 0.6 is 39.1 Å². The Bertz CT molecular complexity index is 606. The van der Waals surface area contributed by atoms with E-state index in [1.807, 2.05) is 0 Å². The van der Waals surface area contributed by atoms with Crippen LogP contribution in [0.2, 0.25) is 10.0 Å². The SMILES string of the molecule is O=C(O)c1cccc(-c2cc(Cl)cc(Cl)c2)c1Br. The predicted molar refractivity (Wildman–Crippen MR) is 76.6 cm³/mol. The van der Waals surface area contributed by atoms with Crippen molar-refractivity contribution >= 4 is 45.1 Å². The summed E-state index contributed by atoms with van der Waals surface area (Å²) in [6.07, 6.45) is 0. The molecule has 2 rings (SSSR count). The van der Waals surface area contributed by atoms with Gasteiger partial charge in [-0.1, -0.05) is 35.3 Å². The number of carboxylic acids is 1. The minimum atomic E-state index is -0.989. The molecule has 18 heavy (non-hydrogen) atoms. The van der Waals surface area contributed by atoms with Gasteiger partial charge in [0.2, 0.25) is 0 Å². The first-order valence-electron chi connectivity index (χ1n) is 4.97. The average Bonchev–Trinajstić information content (AvgIpc) is 2.27. The van der Waals surface area contributed by atoms with Gasteiger partial charge in [0.1, 0.15) is 0 Å². The van der Waals surface area contributed by atoms with E-state index in [2.05, 4.69) is 15.9 Å². The fourth-order valence-electron chi connectivity index (χ4n) is 1.63. The molecule has 2 nitrogen and oxygen atoms in total. The van der Waals surface area contributed by atoms with Crippen molar-refractivity contribution in [2.45, 2.75) is 0 Å². The summed E-state index contributed by atoms with van der Waals surface area (Å²) in [5, 5.41) is 10.1. The highest BCUT2D eigenvalue weighted by atomic mass is 79.9. The first kappa shape index (κ1) is 13.4. The van der Waals surface area contributed by atoms with Gasteiger partial charge in [-0.3, -0.25) is 0 Å². The number of hydrogen-bond donors (Lipinski definition) is 1. The van der Waals surface area contributed by atoms with Crippen LogP contribution in [0.15, 0.2) is 40.9 Å². The maximum atomic E-state index is 11.1. The molecule has 2 aromatic carbocycles. The zero-order chi connectivity index (χ0) is 13.3. The second kappa shape index (κ2) is 5.31. The van der Waals surface area contributed by atoms with Gasteiger partial charge in [0.15, 0.2) is 0 Å². The van der Waals surface area contributed by atoms with Crippen LogP contribution in [0.4, 0.5) is 0 Å². The standard InChI is InChI=1S/C13H7BrCl2O2/c14-12-10(2-1-3-11(12)13(17)18)7-4-8(15)6-9(16)5-7/h1-6H,(H,17,18). The molecule has 0 aliphatic heterocycles. The minimum Gasteiger partial charge on any atom is -0.478 e. The van der Waals surface area contributed by atoms with Crippen molar-refractivity contribution in [3.05, 3.63) is 56.5 Å². The quantitative estimate of drug-likeness (QED) is 0.820. The van der Waals surface area contributed by atoms with E-state index in [9.17, 15) is 4.79 Å². The molecular weight excluding hydrogens is 339 g/mol. The van der Waals surface area contributed by atoms with Gasteiger partial charge in [0, 0.05) is 14.5 Å². The number of hydrogen-bond acceptors (Lipinski definition) is 1. The molecule has 5 heteroatoms. The van der Waals surface area contributed by atoms with E-state index in [-0.39, 0.29) is 5.56 Å². The molecule has 2 aromatic rings. The normalized spacial score (nSPS) is 10.4. The van der Waals surface area contributed by atoms with Crippen LogP contribution in [-0.2, 0) is 0 Å². The van der Waals surface area contributed by atoms with Crippen molar-refractivity contribution in [1.29, 1.82) is 0 Å². The third-order valence-electron chi connectivity index (χ3n) is 2.40. The van der Waals surface area contributed by atoms with Gasteiger partial charge in [-0.2, -0.15) is 0 Å². The fraction of sp³-hybridized carbons (Fsp3) is 0. The van der Waals surface area contributed by atoms with E-state index in [0.717, 1.165) is 11.1 Å². The molecule has 0 aliphatic carbocycles. The van der Waals surface area contributed by atoms with Crippen LogP contribution in [-0.4, -0.2) is 11.1 Å². The summed E-state index contributed by atoms with van der Waals surface area (Å²) in [7, 11) is 0. The van der Waals surface area contributed by atoms with Crippen molar-refractivity contribution in [2.24, 2.45) is 0 Å². The van der Waals surface area contributed by atoms with Gasteiger partial charge in [-0.15, -0.1) is 0 Å². The van der Waals surface area contributed by atoms with Crippen molar-refractivity contribution in [3.63, 3.8) is 0 Å². The zero-order valence-corrected chi connectivity index (χ0v) is 12.1. The molecule has 0 spiro atoms. The van der Waals surface area contributed by atoms with Crippen molar-refractivity contribution in [2.75, 3.05) is 0 Å². The van der Waals surface area contributed by atoms with E-state index in [0.29, 0.717) is 14.5 Å². The largest absolute Gasteiger partial charge is 0.478 e. The van der Waals surface area contributed by atoms with Gasteiger partial charge < -0.3 is 5.11 Å². The predicted octanol–water partition coefficient (Wildman–Crippen LogP) is 5.12. The van der Waals surface area contributed by atoms with Gasteiger partial charge >= 0.3 is 5.97 Å². The van der Waals surface area contributed by atoms with Crippen molar-refractivity contribution in [3.8, 4) is 11.1 Å². The smallest absolute Gasteiger partial charge is 0.336 e. The first-order chi connectivity index (χ1) is 8.49. The van der Waals surface area contributed by atoms with Crippen LogP contribution in [0.25, 0.3) is 11.1 Å². The van der Waals surface area contributed by atoms with Gasteiger partial charge in [-0.25, -0.2) is 4.79 Å². The molecule has 0 radical (unpaired) electrons. The molecule has 0 aromatic heterocycles. The molecule has 92 valence electrons. The molecule has 0 atom stereocenters. The molecule has 1 N–H and O–H groups in total. The van der Waals surface area contributed by atoms with E-state index >= 15 is 0 Å². The number of aromatic carboxylic acids is 1. The Labute approximate surface area is 122 Å². The highest BCUT2D eigenvalue weighted by Gasteiger charge is 2.13. The number of carbonyl (C=O) groups is 1. The summed E-state index contributed by atoms with van der Waals surface area (Å²) in [5.74, 6) is -0.989. The zero-order valence-electron chi connectivity index (χ0n) is 8.95. The lowest BCUT2D eigenvalue weighted by Gasteiger charge is -2.08. The van der Waals surface area contributed by atoms with Crippen molar-refractivity contribution in [1.82, 2.24) is 0 Å². The van der Waals surface area contributed by atoms with Crippen LogP contribution in [0, 0.1) is 0 Å². The second-order valence-electron chi connectivity index (χ2n) is 3.63. The summed E-state index contributed by atoms with van der Waals surface area (Å²) in [6, 6.07) is 10.1. The molecule has 0 saturated carbocycles. The molecule has 0 saturated heterocycles. The summed E-state index contributed by atoms with van der Waals surface area (Å²) < 4.78 is 0.510. The van der Waals surface area contributed by atoms with E-state index < -0.39 is 5.97 Å². The molecule has 0 heterocycles. The van der Waals surface area contributed by atoms with Crippen LogP contribution in [0.5, 0.6) is 0 Å². The Morgan fingerprint density at radius 2 is 1.72 bits per heavy atom. The second-order valence-corrected chi connectivity index (χ2v) is 5.30. The van der Waals surface area contributed by atoms with Gasteiger partial charge in [0.25, 0.3) is 0 Å². The van der Waals surface area contributed by atoms with Gasteiger partial charge in [0.05, 0.1) is 5.56 Å². The molecule has 0 aliphatic rings. The molecule has 0 fully saturated rings. The third-order valence-corrected chi connectivity index (χ3v) is 3.69. The highest BCUT2D eigenvalue weighted by molar-refractivity contribution is 9.10. The summed E-state index contributed by atoms with van der Waals surface area (Å²) in [5.41, 5.74) is 1.70. The number of rotatable bonds is 2. The fourth-order valence-corrected chi connectivity index (χ4v) is 2.82. The first-order valence-corrected chi connectivity index (χ1v) is 6.52. The summed E-state index contributed by atoms with van der Waals surface area (Å²) in [6.45, 7) is 0. The maximum absolute atomic E-state index is 11.1. The average molecular weight is 346 g/mol. The Kier molecular flexibility index (Phi) is 3.95. The molecule has 0 unspecified atom stereocenters. The lowest BCUT2D eigenvalue weighted by atomic mass is 10.0. The van der Waals surface area contributed by atoms with Gasteiger partial charge in [-0.05, 0) is 51.3 Å². The third kappa shape index (κ3) is 2.69. The topological polar surface area (TPSA) is 37.3 Å². The Morgan fingerprint density at radius 3 is 2.28 bits per heavy atom. The van der Waals surface area contributed by atoms with Crippen LogP contribution < -0.4 is 0 Å². The van der Waals surface area contributed by atoms with Crippen LogP contribution in [0.1, 0.15) is 10.4 Å². The summed E-state index contributed by atoms with van der Waals surface area (Å²) >= 11 is 15.2. The molecular formula is C13H7BrCl2O2. The lowest BCUT2D eigenvalue weighted by Crippen LogP contribution is -1.98. The monoisotopic (exact) mass is 344 g/mol. The van der Waals surface area contributed by atoms with E-state index in [4.69, 9.17) is 28.3 Å². The Hall–Kier alpha value is -1.03. The van der Waals surface area contributed by atoms with E-state index in [1.54, 1.807) is 30.3 Å². The number of carboxylic acid groups (broad SMARTS) is 1. The molecule has 0 amide bonds. The number of benzene rings is 2. The van der Waals surface area contributed by atoms with Crippen LogP contribution in [0.3, 0.4) is 0 Å². The maximum Gasteiger partial charge on any atom is 0.336 e. The Morgan fingerprint density at radius 1 is 1.11 bits per heavy atom. The van der Waals surface area contributed by atoms with E-state index in [1.165, 1.54) is 6.07 Å². The minimum absolute atomic E-state index is 0.198. The molecule has 0 bridgehead atoms. The number of halogens is 3. The Balaban J connectivity index is 2.64. The van der Waals surface area contributed by atoms with Crippen molar-refractivity contribution < 1.29 is 9.90 Å². The highest BCUT2D eigenvalue weighted by Crippen LogP contribution is 2.34. The summed E-state index contributed by atoms with van der Waals surface area (Å²) in [4.78, 5) is 11.1.